The molecule has 0 radical (unpaired) electrons. The van der Waals surface area contributed by atoms with Gasteiger partial charge in [0, 0.05) is 11.7 Å². The second kappa shape index (κ2) is 10.0. The number of urea groups is 1. The van der Waals surface area contributed by atoms with Gasteiger partial charge < -0.3 is 10.6 Å². The summed E-state index contributed by atoms with van der Waals surface area (Å²) in [7, 11) is 0. The molecule has 2 fully saturated rings. The van der Waals surface area contributed by atoms with E-state index >= 15 is 0 Å². The van der Waals surface area contributed by atoms with Gasteiger partial charge in [0.15, 0.2) is 0 Å². The third kappa shape index (κ3) is 5.06. The van der Waals surface area contributed by atoms with Gasteiger partial charge in [0.25, 0.3) is 5.91 Å². The number of hydrogen-bond donors (Lipinski definition) is 2. The van der Waals surface area contributed by atoms with E-state index < -0.39 is 42.0 Å². The minimum absolute atomic E-state index is 0.0738. The quantitative estimate of drug-likeness (QED) is 0.486. The van der Waals surface area contributed by atoms with Crippen molar-refractivity contribution in [3.8, 4) is 0 Å². The first-order valence-electron chi connectivity index (χ1n) is 11.4. The Balaban J connectivity index is 1.44. The van der Waals surface area contributed by atoms with E-state index in [2.05, 4.69) is 10.6 Å². The minimum atomic E-state index is -1.04. The van der Waals surface area contributed by atoms with Crippen molar-refractivity contribution in [2.24, 2.45) is 5.92 Å². The van der Waals surface area contributed by atoms with Crippen LogP contribution >= 0.6 is 0 Å². The van der Waals surface area contributed by atoms with E-state index in [-0.39, 0.29) is 23.2 Å². The Kier molecular flexibility index (Phi) is 6.90. The summed E-state index contributed by atoms with van der Waals surface area (Å²) >= 11 is 0. The molecule has 0 spiro atoms. The van der Waals surface area contributed by atoms with Crippen LogP contribution in [-0.4, -0.2) is 52.0 Å². The normalized spacial score (nSPS) is 20.2. The van der Waals surface area contributed by atoms with Crippen LogP contribution in [0.2, 0.25) is 0 Å². The number of imide groups is 2. The molecule has 2 unspecified atom stereocenters. The van der Waals surface area contributed by atoms with Crippen LogP contribution in [-0.2, 0) is 14.4 Å². The number of benzene rings is 2. The number of nitrogens with one attached hydrogen (secondary N) is 2. The molecule has 6 amide bonds. The molecule has 0 aromatic heterocycles. The van der Waals surface area contributed by atoms with Crippen molar-refractivity contribution in [2.75, 3.05) is 17.2 Å². The van der Waals surface area contributed by atoms with E-state index in [0.717, 1.165) is 24.2 Å². The summed E-state index contributed by atoms with van der Waals surface area (Å²) < 4.78 is 13.1. The van der Waals surface area contributed by atoms with Gasteiger partial charge in [-0.2, -0.15) is 0 Å². The zero-order valence-corrected chi connectivity index (χ0v) is 19.1. The van der Waals surface area contributed by atoms with Gasteiger partial charge in [-0.3, -0.25) is 24.1 Å². The molecule has 1 heterocycles. The zero-order valence-electron chi connectivity index (χ0n) is 19.1. The van der Waals surface area contributed by atoms with Crippen LogP contribution in [0.4, 0.5) is 20.6 Å². The molecule has 2 aliphatic rings. The maximum atomic E-state index is 13.1. The standard InChI is InChI=1S/C25H25FN4O5/c1-15-6-2-5-9-20(15)30-24(34)23(33)29(25(30)35)14-21(31)28-19-8-4-3-7-18(19)22(32)27-17-12-10-16(26)11-13-17/h3-4,7-8,10-13,15,20H,2,5-6,9,14H2,1H3,(H,27,32)(H,28,31). The lowest BCUT2D eigenvalue weighted by Crippen LogP contribution is -2.46. The van der Waals surface area contributed by atoms with Crippen molar-refractivity contribution in [3.05, 3.63) is 59.9 Å². The molecule has 1 saturated carbocycles. The molecule has 1 aliphatic carbocycles. The van der Waals surface area contributed by atoms with Crippen LogP contribution < -0.4 is 10.6 Å². The molecule has 35 heavy (non-hydrogen) atoms. The smallest absolute Gasteiger partial charge is 0.324 e. The number of nitrogens with zero attached hydrogens (tertiary/aromatic N) is 2. The Morgan fingerprint density at radius 2 is 1.63 bits per heavy atom. The third-order valence-corrected chi connectivity index (χ3v) is 6.33. The summed E-state index contributed by atoms with van der Waals surface area (Å²) in [4.78, 5) is 65.0. The summed E-state index contributed by atoms with van der Waals surface area (Å²) in [6, 6.07) is 10.2. The van der Waals surface area contributed by atoms with Gasteiger partial charge in [0.05, 0.1) is 11.3 Å². The zero-order chi connectivity index (χ0) is 25.1. The predicted octanol–water partition coefficient (Wildman–Crippen LogP) is 3.39. The van der Waals surface area contributed by atoms with Crippen LogP contribution in [0, 0.1) is 11.7 Å². The molecule has 0 bridgehead atoms. The Morgan fingerprint density at radius 3 is 2.34 bits per heavy atom. The Bertz CT molecular complexity index is 1180. The minimum Gasteiger partial charge on any atom is -0.324 e. The number of para-hydroxylation sites is 1. The fraction of sp³-hybridized carbons (Fsp3) is 0.320. The summed E-state index contributed by atoms with van der Waals surface area (Å²) in [5, 5.41) is 5.15. The fourth-order valence-corrected chi connectivity index (χ4v) is 4.49. The van der Waals surface area contributed by atoms with Crippen LogP contribution in [0.15, 0.2) is 48.5 Å². The van der Waals surface area contributed by atoms with Gasteiger partial charge in [-0.05, 0) is 55.2 Å². The molecular formula is C25H25FN4O5. The van der Waals surface area contributed by atoms with Crippen LogP contribution in [0.3, 0.4) is 0 Å². The van der Waals surface area contributed by atoms with Crippen LogP contribution in [0.1, 0.15) is 43.0 Å². The van der Waals surface area contributed by atoms with Crippen LogP contribution in [0.5, 0.6) is 0 Å². The highest BCUT2D eigenvalue weighted by Gasteiger charge is 2.49. The van der Waals surface area contributed by atoms with E-state index in [0.29, 0.717) is 17.0 Å². The maximum Gasteiger partial charge on any atom is 0.334 e. The number of rotatable bonds is 6. The molecule has 4 rings (SSSR count). The highest BCUT2D eigenvalue weighted by molar-refractivity contribution is 6.45. The Labute approximate surface area is 201 Å². The molecule has 1 saturated heterocycles. The summed E-state index contributed by atoms with van der Waals surface area (Å²) in [6.45, 7) is 1.28. The number of halogens is 1. The molecule has 10 heteroatoms. The molecule has 2 aromatic carbocycles. The van der Waals surface area contributed by atoms with Crippen molar-refractivity contribution in [2.45, 2.75) is 38.6 Å². The third-order valence-electron chi connectivity index (χ3n) is 6.33. The van der Waals surface area contributed by atoms with Crippen molar-refractivity contribution in [1.82, 2.24) is 9.80 Å². The molecule has 9 nitrogen and oxygen atoms in total. The van der Waals surface area contributed by atoms with Crippen molar-refractivity contribution >= 4 is 41.0 Å². The first kappa shape index (κ1) is 24.1. The van der Waals surface area contributed by atoms with Gasteiger partial charge >= 0.3 is 17.8 Å². The van der Waals surface area contributed by atoms with Crippen molar-refractivity contribution in [3.63, 3.8) is 0 Å². The highest BCUT2D eigenvalue weighted by atomic mass is 19.1. The number of hydrogen-bond acceptors (Lipinski definition) is 5. The second-order valence-electron chi connectivity index (χ2n) is 8.73. The van der Waals surface area contributed by atoms with E-state index in [1.165, 1.54) is 36.4 Å². The van der Waals surface area contributed by atoms with Gasteiger partial charge in [-0.1, -0.05) is 31.9 Å². The largest absolute Gasteiger partial charge is 0.334 e. The monoisotopic (exact) mass is 480 g/mol. The number of amides is 6. The highest BCUT2D eigenvalue weighted by Crippen LogP contribution is 2.31. The SMILES string of the molecule is CC1CCCCC1N1C(=O)C(=O)N(CC(=O)Nc2ccccc2C(=O)Nc2ccc(F)cc2)C1=O. The molecule has 2 atom stereocenters. The average Bonchev–Trinajstić information content (AvgIpc) is 3.04. The van der Waals surface area contributed by atoms with Gasteiger partial charge in [-0.15, -0.1) is 0 Å². The average molecular weight is 480 g/mol. The lowest BCUT2D eigenvalue weighted by Gasteiger charge is -2.34. The van der Waals surface area contributed by atoms with Crippen molar-refractivity contribution < 1.29 is 28.4 Å². The number of anilines is 2. The second-order valence-corrected chi connectivity index (χ2v) is 8.73. The number of carbonyl (C=O) groups excluding carboxylic acids is 5. The predicted molar refractivity (Wildman–Crippen MR) is 125 cm³/mol. The molecule has 1 aliphatic heterocycles. The van der Waals surface area contributed by atoms with E-state index in [1.807, 2.05) is 6.92 Å². The summed E-state index contributed by atoms with van der Waals surface area (Å²) in [6.07, 6.45) is 3.34. The van der Waals surface area contributed by atoms with Gasteiger partial charge in [-0.25, -0.2) is 14.1 Å². The summed E-state index contributed by atoms with van der Waals surface area (Å²) in [5.41, 5.74) is 0.639. The van der Waals surface area contributed by atoms with Gasteiger partial charge in [0.1, 0.15) is 12.4 Å². The van der Waals surface area contributed by atoms with E-state index in [1.54, 1.807) is 12.1 Å². The topological polar surface area (TPSA) is 116 Å². The Morgan fingerprint density at radius 1 is 0.943 bits per heavy atom. The molecule has 2 N–H and O–H groups in total. The lowest BCUT2D eigenvalue weighted by molar-refractivity contribution is -0.145. The van der Waals surface area contributed by atoms with E-state index in [4.69, 9.17) is 0 Å². The molecule has 2 aromatic rings. The van der Waals surface area contributed by atoms with Gasteiger partial charge in [0.2, 0.25) is 5.91 Å². The first-order valence-corrected chi connectivity index (χ1v) is 11.4. The fourth-order valence-electron chi connectivity index (χ4n) is 4.49. The number of carbonyl (C=O) groups is 5. The van der Waals surface area contributed by atoms with Crippen LogP contribution in [0.25, 0.3) is 0 Å². The maximum absolute atomic E-state index is 13.1. The molecular weight excluding hydrogens is 455 g/mol. The van der Waals surface area contributed by atoms with E-state index in [9.17, 15) is 28.4 Å². The van der Waals surface area contributed by atoms with Crippen molar-refractivity contribution in [1.29, 1.82) is 0 Å². The Hall–Kier alpha value is -4.08. The lowest BCUT2D eigenvalue weighted by atomic mass is 9.85. The summed E-state index contributed by atoms with van der Waals surface area (Å²) in [5.74, 6) is -3.61. The molecule has 182 valence electrons. The first-order chi connectivity index (χ1) is 16.8.